The number of hydrogen-bond donors (Lipinski definition) is 0. The van der Waals surface area contributed by atoms with Crippen molar-refractivity contribution in [1.82, 2.24) is 14.9 Å². The molecule has 0 N–H and O–H groups in total. The van der Waals surface area contributed by atoms with Crippen LogP contribution in [0.25, 0.3) is 0 Å². The van der Waals surface area contributed by atoms with Gasteiger partial charge in [0.25, 0.3) is 0 Å². The van der Waals surface area contributed by atoms with Crippen molar-refractivity contribution in [2.75, 3.05) is 49.7 Å². The van der Waals surface area contributed by atoms with E-state index in [2.05, 4.69) is 9.97 Å². The summed E-state index contributed by atoms with van der Waals surface area (Å²) in [5.41, 5.74) is 0. The molecular weight excluding hydrogens is 320 g/mol. The molecule has 23 heavy (non-hydrogen) atoms. The predicted molar refractivity (Wildman–Crippen MR) is 84.1 cm³/mol. The van der Waals surface area contributed by atoms with Crippen LogP contribution in [0, 0.1) is 5.92 Å². The first-order valence-electron chi connectivity index (χ1n) is 7.60. The molecule has 0 aliphatic carbocycles. The number of nitrogens with zero attached hydrogens (tertiary/aromatic N) is 4. The third-order valence-corrected chi connectivity index (χ3v) is 6.05. The molecule has 2 saturated heterocycles. The number of carbonyl (C=O) groups excluding carboxylic acids is 1. The van der Waals surface area contributed by atoms with Gasteiger partial charge in [-0.25, -0.2) is 13.4 Å². The predicted octanol–water partition coefficient (Wildman–Crippen LogP) is -0.431. The topological polar surface area (TPSA) is 92.7 Å². The van der Waals surface area contributed by atoms with Gasteiger partial charge in [0.2, 0.25) is 17.7 Å². The Morgan fingerprint density at radius 3 is 2.65 bits per heavy atom. The summed E-state index contributed by atoms with van der Waals surface area (Å²) >= 11 is 0. The highest BCUT2D eigenvalue weighted by molar-refractivity contribution is 7.91. The zero-order valence-electron chi connectivity index (χ0n) is 13.0. The summed E-state index contributed by atoms with van der Waals surface area (Å²) in [5.74, 6) is 0.785. The number of amides is 1. The van der Waals surface area contributed by atoms with Crippen molar-refractivity contribution >= 4 is 21.7 Å². The van der Waals surface area contributed by atoms with E-state index >= 15 is 0 Å². The van der Waals surface area contributed by atoms with Crippen LogP contribution in [-0.4, -0.2) is 74.0 Å². The average molecular weight is 340 g/mol. The van der Waals surface area contributed by atoms with E-state index in [0.717, 1.165) is 0 Å². The number of ether oxygens (including phenoxy) is 1. The second-order valence-corrected chi connectivity index (χ2v) is 8.04. The maximum atomic E-state index is 12.4. The van der Waals surface area contributed by atoms with E-state index in [4.69, 9.17) is 4.74 Å². The number of aromatic nitrogens is 2. The molecule has 3 rings (SSSR count). The summed E-state index contributed by atoms with van der Waals surface area (Å²) in [6, 6.07) is 1.68. The number of carbonyl (C=O) groups is 1. The SMILES string of the molecule is COc1ccnc(N2CCN(C(=O)[C@@H]3CCS(=O)(=O)C3)CC2)n1. The van der Waals surface area contributed by atoms with Crippen LogP contribution >= 0.6 is 0 Å². The Morgan fingerprint density at radius 2 is 2.04 bits per heavy atom. The van der Waals surface area contributed by atoms with Crippen molar-refractivity contribution < 1.29 is 17.9 Å². The number of hydrogen-bond acceptors (Lipinski definition) is 7. The molecule has 0 aromatic carbocycles. The molecule has 1 atom stereocenters. The van der Waals surface area contributed by atoms with Crippen molar-refractivity contribution in [3.63, 3.8) is 0 Å². The fraction of sp³-hybridized carbons (Fsp3) is 0.643. The minimum atomic E-state index is -3.03. The molecule has 2 aliphatic heterocycles. The first kappa shape index (κ1) is 16.0. The van der Waals surface area contributed by atoms with Crippen LogP contribution in [0.2, 0.25) is 0 Å². The Bertz CT molecular complexity index is 686. The lowest BCUT2D eigenvalue weighted by Gasteiger charge is -2.35. The standard InChI is InChI=1S/C14H20N4O4S/c1-22-12-2-4-15-14(16-12)18-7-5-17(6-8-18)13(19)11-3-9-23(20,21)10-11/h2,4,11H,3,5-10H2,1H3/t11-/m1/s1. The summed E-state index contributed by atoms with van der Waals surface area (Å²) < 4.78 is 28.1. The van der Waals surface area contributed by atoms with Crippen LogP contribution in [0.5, 0.6) is 5.88 Å². The molecule has 3 heterocycles. The summed E-state index contributed by atoms with van der Waals surface area (Å²) in [5, 5.41) is 0. The molecule has 8 nitrogen and oxygen atoms in total. The van der Waals surface area contributed by atoms with Gasteiger partial charge in [0.05, 0.1) is 24.5 Å². The third kappa shape index (κ3) is 3.54. The van der Waals surface area contributed by atoms with E-state index < -0.39 is 9.84 Å². The highest BCUT2D eigenvalue weighted by Crippen LogP contribution is 2.22. The molecule has 0 radical (unpaired) electrons. The number of methoxy groups -OCH3 is 1. The van der Waals surface area contributed by atoms with Gasteiger partial charge >= 0.3 is 0 Å². The van der Waals surface area contributed by atoms with E-state index in [-0.39, 0.29) is 23.3 Å². The lowest BCUT2D eigenvalue weighted by atomic mass is 10.1. The van der Waals surface area contributed by atoms with Gasteiger partial charge in [0.15, 0.2) is 9.84 Å². The zero-order chi connectivity index (χ0) is 16.4. The molecule has 1 aromatic heterocycles. The van der Waals surface area contributed by atoms with Crippen LogP contribution < -0.4 is 9.64 Å². The number of anilines is 1. The largest absolute Gasteiger partial charge is 0.481 e. The third-order valence-electron chi connectivity index (χ3n) is 4.28. The number of rotatable bonds is 3. The van der Waals surface area contributed by atoms with Crippen molar-refractivity contribution in [2.45, 2.75) is 6.42 Å². The molecular formula is C14H20N4O4S. The summed E-state index contributed by atoms with van der Waals surface area (Å²) in [6.45, 7) is 2.35. The molecule has 2 aliphatic rings. The summed E-state index contributed by atoms with van der Waals surface area (Å²) in [7, 11) is -1.48. The van der Waals surface area contributed by atoms with Gasteiger partial charge in [-0.1, -0.05) is 0 Å². The van der Waals surface area contributed by atoms with Crippen molar-refractivity contribution in [3.8, 4) is 5.88 Å². The monoisotopic (exact) mass is 340 g/mol. The Kier molecular flexibility index (Phi) is 4.38. The smallest absolute Gasteiger partial charge is 0.228 e. The lowest BCUT2D eigenvalue weighted by Crippen LogP contribution is -2.51. The quantitative estimate of drug-likeness (QED) is 0.737. The Hall–Kier alpha value is -1.90. The average Bonchev–Trinajstić information content (AvgIpc) is 2.94. The van der Waals surface area contributed by atoms with E-state index in [1.165, 1.54) is 0 Å². The summed E-state index contributed by atoms with van der Waals surface area (Å²) in [4.78, 5) is 24.7. The summed E-state index contributed by atoms with van der Waals surface area (Å²) in [6.07, 6.45) is 2.09. The Balaban J connectivity index is 1.59. The molecule has 0 bridgehead atoms. The molecule has 1 amide bonds. The molecule has 126 valence electrons. The van der Waals surface area contributed by atoms with Gasteiger partial charge < -0.3 is 14.5 Å². The van der Waals surface area contributed by atoms with Gasteiger partial charge in [-0.15, -0.1) is 0 Å². The maximum absolute atomic E-state index is 12.4. The second-order valence-electron chi connectivity index (χ2n) is 5.81. The molecule has 9 heteroatoms. The first-order valence-corrected chi connectivity index (χ1v) is 9.42. The van der Waals surface area contributed by atoms with Crippen molar-refractivity contribution in [3.05, 3.63) is 12.3 Å². The Morgan fingerprint density at radius 1 is 1.30 bits per heavy atom. The first-order chi connectivity index (χ1) is 11.0. The minimum absolute atomic E-state index is 0.00889. The molecule has 1 aromatic rings. The number of piperazine rings is 1. The highest BCUT2D eigenvalue weighted by Gasteiger charge is 2.36. The molecule has 0 spiro atoms. The molecule has 0 saturated carbocycles. The van der Waals surface area contributed by atoms with Gasteiger partial charge in [-0.2, -0.15) is 4.98 Å². The van der Waals surface area contributed by atoms with E-state index in [1.54, 1.807) is 24.3 Å². The zero-order valence-corrected chi connectivity index (χ0v) is 13.8. The van der Waals surface area contributed by atoms with Gasteiger partial charge in [0.1, 0.15) is 0 Å². The fourth-order valence-electron chi connectivity index (χ4n) is 2.97. The van der Waals surface area contributed by atoms with Crippen LogP contribution in [0.1, 0.15) is 6.42 Å². The minimum Gasteiger partial charge on any atom is -0.481 e. The lowest BCUT2D eigenvalue weighted by molar-refractivity contribution is -0.135. The van der Waals surface area contributed by atoms with Crippen LogP contribution in [0.3, 0.4) is 0 Å². The van der Waals surface area contributed by atoms with E-state index in [0.29, 0.717) is 44.4 Å². The number of sulfone groups is 1. The van der Waals surface area contributed by atoms with Crippen LogP contribution in [0.4, 0.5) is 5.95 Å². The second kappa shape index (κ2) is 6.31. The van der Waals surface area contributed by atoms with Gasteiger partial charge in [-0.3, -0.25) is 4.79 Å². The Labute approximate surface area is 135 Å². The van der Waals surface area contributed by atoms with E-state index in [1.807, 2.05) is 4.90 Å². The molecule has 2 fully saturated rings. The molecule has 0 unspecified atom stereocenters. The van der Waals surface area contributed by atoms with Crippen LogP contribution in [-0.2, 0) is 14.6 Å². The fourth-order valence-corrected chi connectivity index (χ4v) is 4.71. The van der Waals surface area contributed by atoms with Crippen molar-refractivity contribution in [2.24, 2.45) is 5.92 Å². The maximum Gasteiger partial charge on any atom is 0.228 e. The van der Waals surface area contributed by atoms with Gasteiger partial charge in [0, 0.05) is 38.4 Å². The van der Waals surface area contributed by atoms with Gasteiger partial charge in [-0.05, 0) is 6.42 Å². The van der Waals surface area contributed by atoms with E-state index in [9.17, 15) is 13.2 Å². The van der Waals surface area contributed by atoms with Crippen molar-refractivity contribution in [1.29, 1.82) is 0 Å². The highest BCUT2D eigenvalue weighted by atomic mass is 32.2. The normalized spacial score (nSPS) is 23.8. The van der Waals surface area contributed by atoms with Crippen LogP contribution in [0.15, 0.2) is 12.3 Å².